The molecule has 1 atom stereocenters. The van der Waals surface area contributed by atoms with Crippen LogP contribution >= 0.6 is 11.3 Å². The highest BCUT2D eigenvalue weighted by atomic mass is 32.1. The van der Waals surface area contributed by atoms with Crippen molar-refractivity contribution in [3.8, 4) is 0 Å². The van der Waals surface area contributed by atoms with E-state index in [0.29, 0.717) is 18.5 Å². The van der Waals surface area contributed by atoms with Crippen LogP contribution < -0.4 is 5.32 Å². The van der Waals surface area contributed by atoms with Crippen molar-refractivity contribution in [3.63, 3.8) is 0 Å². The Hall–Kier alpha value is -1.69. The first-order valence-electron chi connectivity index (χ1n) is 5.66. The number of rotatable bonds is 6. The predicted octanol–water partition coefficient (Wildman–Crippen LogP) is 1.83. The second-order valence-electron chi connectivity index (χ2n) is 3.81. The maximum absolute atomic E-state index is 11.5. The molecule has 0 aliphatic rings. The molecule has 0 saturated carbocycles. The number of carboxylic acids is 1. The molecule has 6 heteroatoms. The Balaban J connectivity index is 2.54. The van der Waals surface area contributed by atoms with Crippen molar-refractivity contribution in [1.29, 1.82) is 0 Å². The standard InChI is InChI=1S/C12H16N2O3S/c1-3-4-10(12(16)17)14-11(15)6-5-9-7-18-8(2)13-9/h5-7,10H,3-4H2,1-2H3,(H,14,15)(H,16,17)/b6-5+/t10-/m0/s1. The average Bonchev–Trinajstić information content (AvgIpc) is 2.72. The second kappa shape index (κ2) is 6.90. The molecule has 0 radical (unpaired) electrons. The van der Waals surface area contributed by atoms with Gasteiger partial charge in [-0.25, -0.2) is 9.78 Å². The van der Waals surface area contributed by atoms with Crippen LogP contribution in [0.3, 0.4) is 0 Å². The molecule has 2 N–H and O–H groups in total. The first-order valence-corrected chi connectivity index (χ1v) is 6.54. The fraction of sp³-hybridized carbons (Fsp3) is 0.417. The van der Waals surface area contributed by atoms with Gasteiger partial charge in [0.15, 0.2) is 0 Å². The van der Waals surface area contributed by atoms with Gasteiger partial charge in [0.05, 0.1) is 10.7 Å². The third kappa shape index (κ3) is 4.67. The van der Waals surface area contributed by atoms with E-state index in [4.69, 9.17) is 5.11 Å². The van der Waals surface area contributed by atoms with Crippen molar-refractivity contribution in [2.75, 3.05) is 0 Å². The van der Waals surface area contributed by atoms with Gasteiger partial charge >= 0.3 is 5.97 Å². The number of carbonyl (C=O) groups is 2. The summed E-state index contributed by atoms with van der Waals surface area (Å²) in [4.78, 5) is 26.5. The highest BCUT2D eigenvalue weighted by Gasteiger charge is 2.17. The first-order chi connectivity index (χ1) is 8.52. The van der Waals surface area contributed by atoms with E-state index < -0.39 is 17.9 Å². The molecule has 98 valence electrons. The third-order valence-electron chi connectivity index (χ3n) is 2.23. The van der Waals surface area contributed by atoms with Crippen molar-refractivity contribution in [2.45, 2.75) is 32.7 Å². The molecule has 18 heavy (non-hydrogen) atoms. The summed E-state index contributed by atoms with van der Waals surface area (Å²) < 4.78 is 0. The molecular formula is C12H16N2O3S. The Morgan fingerprint density at radius 3 is 2.83 bits per heavy atom. The Bertz CT molecular complexity index is 454. The normalized spacial score (nSPS) is 12.6. The van der Waals surface area contributed by atoms with Gasteiger partial charge in [-0.3, -0.25) is 4.79 Å². The lowest BCUT2D eigenvalue weighted by atomic mass is 10.1. The monoisotopic (exact) mass is 268 g/mol. The van der Waals surface area contributed by atoms with E-state index >= 15 is 0 Å². The summed E-state index contributed by atoms with van der Waals surface area (Å²) >= 11 is 1.49. The molecule has 0 bridgehead atoms. The van der Waals surface area contributed by atoms with Crippen molar-refractivity contribution >= 4 is 29.3 Å². The van der Waals surface area contributed by atoms with Crippen LogP contribution in [0.4, 0.5) is 0 Å². The van der Waals surface area contributed by atoms with E-state index in [0.717, 1.165) is 5.01 Å². The summed E-state index contributed by atoms with van der Waals surface area (Å²) in [6.45, 7) is 3.75. The van der Waals surface area contributed by atoms with Gasteiger partial charge in [0.1, 0.15) is 6.04 Å². The Morgan fingerprint density at radius 1 is 1.61 bits per heavy atom. The maximum atomic E-state index is 11.5. The topological polar surface area (TPSA) is 79.3 Å². The van der Waals surface area contributed by atoms with Gasteiger partial charge < -0.3 is 10.4 Å². The molecule has 1 heterocycles. The molecule has 0 aliphatic carbocycles. The SMILES string of the molecule is CCC[C@H](NC(=O)/C=C/c1csc(C)n1)C(=O)O. The minimum absolute atomic E-state index is 0.415. The van der Waals surface area contributed by atoms with Gasteiger partial charge in [-0.1, -0.05) is 13.3 Å². The summed E-state index contributed by atoms with van der Waals surface area (Å²) in [7, 11) is 0. The van der Waals surface area contributed by atoms with Gasteiger partial charge in [0.2, 0.25) is 5.91 Å². The number of aryl methyl sites for hydroxylation is 1. The summed E-state index contributed by atoms with van der Waals surface area (Å²) in [5.41, 5.74) is 0.704. The van der Waals surface area contributed by atoms with Crippen LogP contribution in [0.2, 0.25) is 0 Å². The first kappa shape index (κ1) is 14.4. The van der Waals surface area contributed by atoms with Crippen molar-refractivity contribution in [1.82, 2.24) is 10.3 Å². The molecule has 0 unspecified atom stereocenters. The number of carbonyl (C=O) groups excluding carboxylic acids is 1. The third-order valence-corrected chi connectivity index (χ3v) is 3.03. The van der Waals surface area contributed by atoms with E-state index in [1.807, 2.05) is 19.2 Å². The number of hydrogen-bond acceptors (Lipinski definition) is 4. The van der Waals surface area contributed by atoms with E-state index in [1.165, 1.54) is 17.4 Å². The van der Waals surface area contributed by atoms with E-state index in [-0.39, 0.29) is 0 Å². The second-order valence-corrected chi connectivity index (χ2v) is 4.88. The van der Waals surface area contributed by atoms with Crippen LogP contribution in [-0.2, 0) is 9.59 Å². The highest BCUT2D eigenvalue weighted by molar-refractivity contribution is 7.09. The lowest BCUT2D eigenvalue weighted by Gasteiger charge is -2.11. The summed E-state index contributed by atoms with van der Waals surface area (Å²) in [6, 6.07) is -0.829. The quantitative estimate of drug-likeness (QED) is 0.771. The molecule has 1 aromatic rings. The van der Waals surface area contributed by atoms with E-state index in [1.54, 1.807) is 6.08 Å². The minimum Gasteiger partial charge on any atom is -0.480 e. The number of hydrogen-bond donors (Lipinski definition) is 2. The molecule has 0 fully saturated rings. The molecule has 1 rings (SSSR count). The smallest absolute Gasteiger partial charge is 0.326 e. The molecule has 5 nitrogen and oxygen atoms in total. The van der Waals surface area contributed by atoms with Crippen LogP contribution in [0.15, 0.2) is 11.5 Å². The largest absolute Gasteiger partial charge is 0.480 e. The van der Waals surface area contributed by atoms with Crippen LogP contribution in [0.1, 0.15) is 30.5 Å². The zero-order valence-electron chi connectivity index (χ0n) is 10.3. The van der Waals surface area contributed by atoms with Crippen molar-refractivity contribution in [3.05, 3.63) is 22.2 Å². The summed E-state index contributed by atoms with van der Waals surface area (Å²) in [5, 5.41) is 14.1. The Morgan fingerprint density at radius 2 is 2.33 bits per heavy atom. The van der Waals surface area contributed by atoms with Crippen LogP contribution in [0.25, 0.3) is 6.08 Å². The molecule has 1 aromatic heterocycles. The van der Waals surface area contributed by atoms with Crippen LogP contribution in [0.5, 0.6) is 0 Å². The lowest BCUT2D eigenvalue weighted by molar-refractivity contribution is -0.141. The zero-order chi connectivity index (χ0) is 13.5. The average molecular weight is 268 g/mol. The van der Waals surface area contributed by atoms with Crippen LogP contribution in [0, 0.1) is 6.92 Å². The number of thiazole rings is 1. The molecule has 0 spiro atoms. The predicted molar refractivity (Wildman–Crippen MR) is 70.4 cm³/mol. The summed E-state index contributed by atoms with van der Waals surface area (Å²) in [5.74, 6) is -1.43. The Labute approximate surface area is 110 Å². The Kier molecular flexibility index (Phi) is 5.51. The number of amides is 1. The molecule has 1 amide bonds. The van der Waals surface area contributed by atoms with Crippen molar-refractivity contribution < 1.29 is 14.7 Å². The van der Waals surface area contributed by atoms with Gasteiger partial charge in [-0.05, 0) is 19.4 Å². The highest BCUT2D eigenvalue weighted by Crippen LogP contribution is 2.09. The van der Waals surface area contributed by atoms with E-state index in [9.17, 15) is 9.59 Å². The number of nitrogens with zero attached hydrogens (tertiary/aromatic N) is 1. The van der Waals surface area contributed by atoms with Gasteiger partial charge in [0, 0.05) is 11.5 Å². The molecular weight excluding hydrogens is 252 g/mol. The molecule has 0 aromatic carbocycles. The van der Waals surface area contributed by atoms with Gasteiger partial charge in [-0.2, -0.15) is 0 Å². The van der Waals surface area contributed by atoms with Gasteiger partial charge in [-0.15, -0.1) is 11.3 Å². The van der Waals surface area contributed by atoms with Gasteiger partial charge in [0.25, 0.3) is 0 Å². The minimum atomic E-state index is -1.01. The van der Waals surface area contributed by atoms with Crippen LogP contribution in [-0.4, -0.2) is 28.0 Å². The summed E-state index contributed by atoms with van der Waals surface area (Å²) in [6.07, 6.45) is 4.00. The number of nitrogens with one attached hydrogen (secondary N) is 1. The zero-order valence-corrected chi connectivity index (χ0v) is 11.2. The fourth-order valence-corrected chi connectivity index (χ4v) is 1.96. The lowest BCUT2D eigenvalue weighted by Crippen LogP contribution is -2.39. The maximum Gasteiger partial charge on any atom is 0.326 e. The van der Waals surface area contributed by atoms with E-state index in [2.05, 4.69) is 10.3 Å². The number of carboxylic acid groups (broad SMARTS) is 1. The number of aliphatic carboxylic acids is 1. The fourth-order valence-electron chi connectivity index (χ4n) is 1.38. The molecule has 0 aliphatic heterocycles. The van der Waals surface area contributed by atoms with Crippen molar-refractivity contribution in [2.24, 2.45) is 0 Å². The number of aromatic nitrogens is 1. The molecule has 0 saturated heterocycles.